The van der Waals surface area contributed by atoms with Gasteiger partial charge in [-0.1, -0.05) is 436 Å². The van der Waals surface area contributed by atoms with Crippen LogP contribution >= 0.6 is 0 Å². The fraction of sp³-hybridized carbons (Fsp3) is 0.0797. The molecule has 1 spiro atoms. The van der Waals surface area contributed by atoms with E-state index in [0.29, 0.717) is 0 Å². The molecule has 0 unspecified atom stereocenters. The van der Waals surface area contributed by atoms with Crippen LogP contribution in [0.25, 0.3) is 194 Å². The number of benzene rings is 18. The van der Waals surface area contributed by atoms with Gasteiger partial charge in [0.05, 0.1) is 50.0 Å². The number of fused-ring (bicyclic) bond motifs is 28. The van der Waals surface area contributed by atoms with Crippen LogP contribution in [-0.2, 0) is 27.1 Å². The minimum Gasteiger partial charge on any atom is -0.278 e. The van der Waals surface area contributed by atoms with Crippen LogP contribution in [0.2, 0.25) is 0 Å². The average Bonchev–Trinajstić information content (AvgIpc) is 1.50. The Morgan fingerprint density at radius 2 is 0.486 bits per heavy atom. The molecule has 30 rings (SSSR count). The normalized spacial score (nSPS) is 14.3. The Labute approximate surface area is 837 Å². The summed E-state index contributed by atoms with van der Waals surface area (Å²) in [7, 11) is 0. The molecule has 0 N–H and O–H groups in total. The SMILES string of the molecule is CC1(C)c2ccccc2-c2nc3ccccc3c(-c3ccc(-c4ccc5c(c4)C(c4ccccc4)(c4ccccc4)c4ccccc4-5)cc3)c21.CC1(C)c2ccccc2-c2nc3ccccc3c(-c3ccc(-c4ccc5c(c4)C4(c6ccccc6-c6ccccc64)c4ccccc4-5)cc3)c21.CC1(C)c2ccccc2-c2nc3ccccc3c(-c3ccc(-c4ccc5c(c4)c4cccnc4n5-c4ccccn4)cc3)c21. The van der Waals surface area contributed by atoms with Gasteiger partial charge >= 0.3 is 0 Å². The van der Waals surface area contributed by atoms with E-state index in [9.17, 15) is 0 Å². The maximum atomic E-state index is 5.26. The van der Waals surface area contributed by atoms with Gasteiger partial charge in [0.1, 0.15) is 11.5 Å². The van der Waals surface area contributed by atoms with Crippen molar-refractivity contribution in [2.75, 3.05) is 0 Å². The average molecular weight is 1840 g/mol. The van der Waals surface area contributed by atoms with Gasteiger partial charge in [-0.05, 0) is 245 Å². The van der Waals surface area contributed by atoms with E-state index in [1.165, 1.54) is 211 Å². The van der Waals surface area contributed by atoms with Crippen molar-refractivity contribution in [1.29, 1.82) is 0 Å². The molecule has 144 heavy (non-hydrogen) atoms. The standard InChI is InChI=1S/C49H33N.C49H35N.C40H28N4/c1-48(2)39-18-8-6-16-37(39)47-46(48)45(38-17-7-12-22-44(38)50-47)31-25-23-30(24-26-31)32-27-28-36-35-15-5-11-21-42(35)49(43(36)29-32)40-19-9-3-13-33(40)34-14-4-10-20-41(34)49;1-48(2)41-22-12-10-20-39(41)47-46(48)45(40-21-11-14-24-44(40)50-47)33-27-25-32(26-28-33)34-29-30-38-37-19-9-13-23-42(37)49(43(38)31-34,35-15-5-3-6-16-35)36-17-7-4-8-18-36;1-40(2)32-13-5-3-10-29(32)38-37(40)36(30-11-4-6-14-33(30)43-38)26-18-16-25(17-19-26)27-20-21-34-31(24-27)28-12-9-23-42-39(28)44(34)35-15-7-8-22-41-35/h3-29H,1-2H3;3-31H,1-2H3;3-24H,1-2H3. The van der Waals surface area contributed by atoms with E-state index < -0.39 is 5.41 Å². The van der Waals surface area contributed by atoms with Gasteiger partial charge in [0, 0.05) is 72.3 Å². The van der Waals surface area contributed by atoms with E-state index in [4.69, 9.17) is 19.9 Å². The smallest absolute Gasteiger partial charge is 0.146 e. The van der Waals surface area contributed by atoms with Crippen molar-refractivity contribution in [2.45, 2.75) is 68.6 Å². The van der Waals surface area contributed by atoms with Crippen LogP contribution in [0.3, 0.4) is 0 Å². The van der Waals surface area contributed by atoms with Crippen molar-refractivity contribution in [3.05, 3.63) is 551 Å². The minimum absolute atomic E-state index is 0.155. The van der Waals surface area contributed by atoms with Gasteiger partial charge < -0.3 is 0 Å². The molecule has 0 fully saturated rings. The van der Waals surface area contributed by atoms with Gasteiger partial charge in [0.15, 0.2) is 0 Å². The van der Waals surface area contributed by atoms with Gasteiger partial charge in [0.2, 0.25) is 0 Å². The van der Waals surface area contributed by atoms with Crippen LogP contribution in [-0.4, -0.2) is 29.5 Å². The zero-order chi connectivity index (χ0) is 96.1. The van der Waals surface area contributed by atoms with Crippen molar-refractivity contribution >= 4 is 54.6 Å². The van der Waals surface area contributed by atoms with Gasteiger partial charge in [-0.3, -0.25) is 4.57 Å². The zero-order valence-electron chi connectivity index (χ0n) is 80.7. The molecule has 6 aliphatic carbocycles. The Balaban J connectivity index is 0.000000105. The first kappa shape index (κ1) is 84.4. The number of aromatic nitrogens is 6. The Kier molecular flexibility index (Phi) is 18.8. The van der Waals surface area contributed by atoms with Crippen molar-refractivity contribution < 1.29 is 0 Å². The lowest BCUT2D eigenvalue weighted by Crippen LogP contribution is -2.28. The van der Waals surface area contributed by atoms with Gasteiger partial charge in [0.25, 0.3) is 0 Å². The second-order valence-electron chi connectivity index (χ2n) is 41.0. The zero-order valence-corrected chi connectivity index (χ0v) is 80.7. The highest BCUT2D eigenvalue weighted by molar-refractivity contribution is 6.11. The number of hydrogen-bond acceptors (Lipinski definition) is 5. The third kappa shape index (κ3) is 12.3. The molecule has 0 saturated heterocycles. The van der Waals surface area contributed by atoms with Gasteiger partial charge in [-0.2, -0.15) is 0 Å². The van der Waals surface area contributed by atoms with Gasteiger partial charge in [-0.25, -0.2) is 24.9 Å². The molecule has 6 heteroatoms. The molecule has 6 aromatic heterocycles. The second kappa shape index (κ2) is 32.2. The number of rotatable bonds is 9. The first-order chi connectivity index (χ1) is 70.7. The summed E-state index contributed by atoms with van der Waals surface area (Å²) >= 11 is 0. The maximum Gasteiger partial charge on any atom is 0.146 e. The third-order valence-electron chi connectivity index (χ3n) is 32.5. The fourth-order valence-corrected chi connectivity index (χ4v) is 26.2. The Morgan fingerprint density at radius 3 is 0.875 bits per heavy atom. The van der Waals surface area contributed by atoms with Crippen LogP contribution in [0.5, 0.6) is 0 Å². The summed E-state index contributed by atoms with van der Waals surface area (Å²) < 4.78 is 2.15. The van der Waals surface area contributed by atoms with Crippen molar-refractivity contribution in [3.8, 4) is 140 Å². The largest absolute Gasteiger partial charge is 0.278 e. The predicted molar refractivity (Wildman–Crippen MR) is 594 cm³/mol. The first-order valence-electron chi connectivity index (χ1n) is 50.2. The molecule has 6 heterocycles. The fourth-order valence-electron chi connectivity index (χ4n) is 26.2. The molecule has 0 radical (unpaired) electrons. The summed E-state index contributed by atoms with van der Waals surface area (Å²) in [6.45, 7) is 14.1. The number of para-hydroxylation sites is 3. The van der Waals surface area contributed by atoms with E-state index >= 15 is 0 Å². The van der Waals surface area contributed by atoms with Gasteiger partial charge in [-0.15, -0.1) is 0 Å². The molecule has 6 aliphatic rings. The van der Waals surface area contributed by atoms with Crippen LogP contribution in [0.1, 0.15) is 119 Å². The van der Waals surface area contributed by atoms with E-state index in [-0.39, 0.29) is 21.7 Å². The third-order valence-corrected chi connectivity index (χ3v) is 32.5. The molecule has 0 aliphatic heterocycles. The molecule has 18 aromatic carbocycles. The second-order valence-corrected chi connectivity index (χ2v) is 41.0. The van der Waals surface area contributed by atoms with Crippen LogP contribution in [0.4, 0.5) is 0 Å². The lowest BCUT2D eigenvalue weighted by molar-refractivity contribution is 0.661. The summed E-state index contributed by atoms with van der Waals surface area (Å²) in [4.78, 5) is 25.1. The molecular weight excluding hydrogens is 1740 g/mol. The molecule has 6 nitrogen and oxygen atoms in total. The molecule has 0 atom stereocenters. The van der Waals surface area contributed by atoms with Crippen molar-refractivity contribution in [3.63, 3.8) is 0 Å². The predicted octanol–water partition coefficient (Wildman–Crippen LogP) is 34.2. The summed E-state index contributed by atoms with van der Waals surface area (Å²) in [5.74, 6) is 0.866. The van der Waals surface area contributed by atoms with Crippen LogP contribution in [0, 0.1) is 0 Å². The van der Waals surface area contributed by atoms with Crippen LogP contribution in [0.15, 0.2) is 473 Å². The highest BCUT2D eigenvalue weighted by Gasteiger charge is 2.53. The summed E-state index contributed by atoms with van der Waals surface area (Å²) in [5, 5.41) is 5.88. The number of hydrogen-bond donors (Lipinski definition) is 0. The van der Waals surface area contributed by atoms with E-state index in [1.807, 2.05) is 36.7 Å². The monoisotopic (exact) mass is 1840 g/mol. The quantitative estimate of drug-likeness (QED) is 0.144. The molecule has 0 bridgehead atoms. The lowest BCUT2D eigenvalue weighted by Gasteiger charge is -2.34. The maximum absolute atomic E-state index is 5.26. The van der Waals surface area contributed by atoms with E-state index in [0.717, 1.165) is 61.4 Å². The Morgan fingerprint density at radius 1 is 0.194 bits per heavy atom. The summed E-state index contributed by atoms with van der Waals surface area (Å²) in [6, 6.07) is 169. The highest BCUT2D eigenvalue weighted by atomic mass is 15.1. The van der Waals surface area contributed by atoms with Crippen molar-refractivity contribution in [2.24, 2.45) is 0 Å². The van der Waals surface area contributed by atoms with Crippen molar-refractivity contribution in [1.82, 2.24) is 29.5 Å². The Bertz CT molecular complexity index is 9060. The molecule has 0 amide bonds. The lowest BCUT2D eigenvalue weighted by atomic mass is 9.67. The highest BCUT2D eigenvalue weighted by Crippen LogP contribution is 2.65. The summed E-state index contributed by atoms with van der Waals surface area (Å²) in [5.41, 5.74) is 52.3. The summed E-state index contributed by atoms with van der Waals surface area (Å²) in [6.07, 6.45) is 3.67. The number of pyridine rings is 5. The van der Waals surface area contributed by atoms with Crippen LogP contribution < -0.4 is 0 Å². The minimum atomic E-state index is -0.415. The van der Waals surface area contributed by atoms with E-state index in [1.54, 1.807) is 0 Å². The molecule has 0 saturated carbocycles. The number of nitrogens with zero attached hydrogens (tertiary/aromatic N) is 6. The molecule has 678 valence electrons. The van der Waals surface area contributed by atoms with E-state index in [2.05, 4.69) is 488 Å². The first-order valence-corrected chi connectivity index (χ1v) is 50.2. The Hall–Kier alpha value is -17.7. The topological polar surface area (TPSA) is 69.4 Å². The molecule has 24 aromatic rings. The molecular formula is C138H96N6.